The van der Waals surface area contributed by atoms with E-state index in [2.05, 4.69) is 4.74 Å². The molecule has 0 unspecified atom stereocenters. The molecule has 2 N–H and O–H groups in total. The molecule has 0 fully saturated rings. The van der Waals surface area contributed by atoms with Crippen molar-refractivity contribution in [3.05, 3.63) is 0 Å². The Morgan fingerprint density at radius 3 is 2.22 bits per heavy atom. The quantitative estimate of drug-likeness (QED) is 0.408. The average molecular weight is 133 g/mol. The van der Waals surface area contributed by atoms with Gasteiger partial charge < -0.3 is 9.94 Å². The highest BCUT2D eigenvalue weighted by Gasteiger charge is 2.27. The van der Waals surface area contributed by atoms with Crippen molar-refractivity contribution < 1.29 is 14.7 Å². The van der Waals surface area contributed by atoms with E-state index < -0.39 is 11.5 Å². The minimum atomic E-state index is -1.01. The van der Waals surface area contributed by atoms with Crippen LogP contribution in [0.25, 0.3) is 0 Å². The first-order valence-corrected chi connectivity index (χ1v) is 2.54. The number of carbonyl (C=O) groups is 1. The molecular formula is C5H11NO3. The molecule has 0 aromatic heterocycles. The van der Waals surface area contributed by atoms with E-state index in [0.717, 1.165) is 0 Å². The van der Waals surface area contributed by atoms with E-state index in [1.54, 1.807) is 0 Å². The fraction of sp³-hybridized carbons (Fsp3) is 0.800. The Hall–Kier alpha value is -0.610. The molecule has 0 aromatic carbocycles. The summed E-state index contributed by atoms with van der Waals surface area (Å²) in [5.41, 5.74) is 0.812. The van der Waals surface area contributed by atoms with Crippen LogP contribution in [0.2, 0.25) is 0 Å². The van der Waals surface area contributed by atoms with Crippen LogP contribution in [0.5, 0.6) is 0 Å². The molecule has 0 aromatic rings. The smallest absolute Gasteiger partial charge is 0.327 e. The molecule has 0 aliphatic heterocycles. The highest BCUT2D eigenvalue weighted by molar-refractivity contribution is 5.79. The van der Waals surface area contributed by atoms with Crippen LogP contribution in [0.3, 0.4) is 0 Å². The second-order valence-corrected chi connectivity index (χ2v) is 2.23. The molecule has 4 nitrogen and oxygen atoms in total. The van der Waals surface area contributed by atoms with Crippen molar-refractivity contribution in [1.82, 2.24) is 5.48 Å². The summed E-state index contributed by atoms with van der Waals surface area (Å²) in [6, 6.07) is 0. The first kappa shape index (κ1) is 8.39. The highest BCUT2D eigenvalue weighted by Crippen LogP contribution is 2.01. The Kier molecular flexibility index (Phi) is 2.61. The summed E-state index contributed by atoms with van der Waals surface area (Å²) in [4.78, 5) is 10.6. The van der Waals surface area contributed by atoms with Gasteiger partial charge in [-0.25, -0.2) is 4.79 Å². The minimum Gasteiger partial charge on any atom is -0.468 e. The zero-order valence-electron chi connectivity index (χ0n) is 5.76. The van der Waals surface area contributed by atoms with Crippen LogP contribution >= 0.6 is 0 Å². The third-order valence-corrected chi connectivity index (χ3v) is 0.975. The normalized spacial score (nSPS) is 11.1. The van der Waals surface area contributed by atoms with Crippen molar-refractivity contribution in [2.75, 3.05) is 7.11 Å². The second kappa shape index (κ2) is 2.80. The minimum absolute atomic E-state index is 0.495. The third kappa shape index (κ3) is 1.99. The molecule has 0 heterocycles. The summed E-state index contributed by atoms with van der Waals surface area (Å²) in [6.45, 7) is 3.03. The monoisotopic (exact) mass is 133 g/mol. The first-order valence-electron chi connectivity index (χ1n) is 2.54. The second-order valence-electron chi connectivity index (χ2n) is 2.23. The van der Waals surface area contributed by atoms with E-state index in [9.17, 15) is 4.79 Å². The molecule has 0 saturated heterocycles. The number of carbonyl (C=O) groups excluding carboxylic acids is 1. The van der Waals surface area contributed by atoms with E-state index in [1.165, 1.54) is 21.0 Å². The summed E-state index contributed by atoms with van der Waals surface area (Å²) >= 11 is 0. The van der Waals surface area contributed by atoms with E-state index in [0.29, 0.717) is 0 Å². The molecule has 9 heavy (non-hydrogen) atoms. The molecule has 0 aliphatic rings. The Morgan fingerprint density at radius 1 is 1.67 bits per heavy atom. The molecule has 0 saturated carbocycles. The Balaban J connectivity index is 3.97. The predicted octanol–water partition coefficient (Wildman–Crippen LogP) is -0.0832. The van der Waals surface area contributed by atoms with Crippen LogP contribution in [0.4, 0.5) is 0 Å². The van der Waals surface area contributed by atoms with Crippen molar-refractivity contribution in [3.8, 4) is 0 Å². The number of esters is 1. The lowest BCUT2D eigenvalue weighted by molar-refractivity contribution is -0.151. The fourth-order valence-corrected chi connectivity index (χ4v) is 0.301. The molecule has 54 valence electrons. The van der Waals surface area contributed by atoms with Gasteiger partial charge in [-0.1, -0.05) is 0 Å². The van der Waals surface area contributed by atoms with Gasteiger partial charge in [-0.05, 0) is 13.8 Å². The number of rotatable bonds is 2. The Bertz CT molecular complexity index is 111. The van der Waals surface area contributed by atoms with E-state index in [1.807, 2.05) is 5.48 Å². The zero-order valence-corrected chi connectivity index (χ0v) is 5.76. The number of nitrogens with one attached hydrogen (secondary N) is 1. The van der Waals surface area contributed by atoms with Gasteiger partial charge in [-0.3, -0.25) is 0 Å². The molecule has 0 atom stereocenters. The molecule has 0 spiro atoms. The van der Waals surface area contributed by atoms with Crippen LogP contribution in [0.1, 0.15) is 13.8 Å². The topological polar surface area (TPSA) is 58.6 Å². The van der Waals surface area contributed by atoms with Crippen molar-refractivity contribution in [2.45, 2.75) is 19.4 Å². The summed E-state index contributed by atoms with van der Waals surface area (Å²) in [5.74, 6) is -0.495. The predicted molar refractivity (Wildman–Crippen MR) is 31.0 cm³/mol. The summed E-state index contributed by atoms with van der Waals surface area (Å²) in [6.07, 6.45) is 0. The number of ether oxygens (including phenoxy) is 1. The van der Waals surface area contributed by atoms with Crippen LogP contribution in [0, 0.1) is 0 Å². The van der Waals surface area contributed by atoms with Gasteiger partial charge in [0.2, 0.25) is 0 Å². The van der Waals surface area contributed by atoms with Gasteiger partial charge >= 0.3 is 5.97 Å². The van der Waals surface area contributed by atoms with Gasteiger partial charge in [0.1, 0.15) is 5.54 Å². The van der Waals surface area contributed by atoms with Crippen molar-refractivity contribution in [2.24, 2.45) is 0 Å². The number of methoxy groups -OCH3 is 1. The SMILES string of the molecule is COC(=O)C(C)(C)NO. The highest BCUT2D eigenvalue weighted by atomic mass is 16.5. The molecule has 0 radical (unpaired) electrons. The van der Waals surface area contributed by atoms with Crippen LogP contribution in [0.15, 0.2) is 0 Å². The lowest BCUT2D eigenvalue weighted by atomic mass is 10.1. The number of hydroxylamine groups is 1. The van der Waals surface area contributed by atoms with E-state index >= 15 is 0 Å². The van der Waals surface area contributed by atoms with Crippen molar-refractivity contribution >= 4 is 5.97 Å². The van der Waals surface area contributed by atoms with Crippen LogP contribution in [-0.4, -0.2) is 23.8 Å². The molecule has 4 heteroatoms. The molecule has 0 aliphatic carbocycles. The summed E-state index contributed by atoms with van der Waals surface area (Å²) < 4.78 is 4.34. The van der Waals surface area contributed by atoms with Gasteiger partial charge in [-0.15, -0.1) is 0 Å². The van der Waals surface area contributed by atoms with E-state index in [-0.39, 0.29) is 0 Å². The lowest BCUT2D eigenvalue weighted by Gasteiger charge is -2.18. The maximum absolute atomic E-state index is 10.6. The Morgan fingerprint density at radius 2 is 2.11 bits per heavy atom. The van der Waals surface area contributed by atoms with Crippen LogP contribution in [-0.2, 0) is 9.53 Å². The van der Waals surface area contributed by atoms with E-state index in [4.69, 9.17) is 5.21 Å². The third-order valence-electron chi connectivity index (χ3n) is 0.975. The fourth-order valence-electron chi connectivity index (χ4n) is 0.301. The molecule has 0 amide bonds. The maximum Gasteiger partial charge on any atom is 0.327 e. The van der Waals surface area contributed by atoms with Gasteiger partial charge in [0, 0.05) is 0 Å². The molecular weight excluding hydrogens is 122 g/mol. The summed E-state index contributed by atoms with van der Waals surface area (Å²) in [5, 5.41) is 8.34. The standard InChI is InChI=1S/C5H11NO3/c1-5(2,6-8)4(7)9-3/h6,8H,1-3H3. The number of hydrogen-bond donors (Lipinski definition) is 2. The van der Waals surface area contributed by atoms with Gasteiger partial charge in [-0.2, -0.15) is 5.48 Å². The Labute approximate surface area is 53.8 Å². The van der Waals surface area contributed by atoms with Gasteiger partial charge in [0.05, 0.1) is 7.11 Å². The van der Waals surface area contributed by atoms with Crippen molar-refractivity contribution in [1.29, 1.82) is 0 Å². The van der Waals surface area contributed by atoms with Crippen molar-refractivity contribution in [3.63, 3.8) is 0 Å². The summed E-state index contributed by atoms with van der Waals surface area (Å²) in [7, 11) is 1.27. The maximum atomic E-state index is 10.6. The number of hydrogen-bond acceptors (Lipinski definition) is 4. The van der Waals surface area contributed by atoms with Gasteiger partial charge in [0.25, 0.3) is 0 Å². The molecule has 0 bridgehead atoms. The first-order chi connectivity index (χ1) is 4.04. The molecule has 0 rings (SSSR count). The largest absolute Gasteiger partial charge is 0.468 e. The zero-order chi connectivity index (χ0) is 7.49. The van der Waals surface area contributed by atoms with Crippen LogP contribution < -0.4 is 5.48 Å². The van der Waals surface area contributed by atoms with Gasteiger partial charge in [0.15, 0.2) is 0 Å². The lowest BCUT2D eigenvalue weighted by Crippen LogP contribution is -2.45. The average Bonchev–Trinajstić information content (AvgIpc) is 1.86.